The van der Waals surface area contributed by atoms with Gasteiger partial charge in [-0.05, 0) is 43.9 Å². The van der Waals surface area contributed by atoms with Crippen molar-refractivity contribution in [2.24, 2.45) is 0 Å². The first-order valence-electron chi connectivity index (χ1n) is 9.71. The minimum absolute atomic E-state index is 0.0591. The summed E-state index contributed by atoms with van der Waals surface area (Å²) in [6.07, 6.45) is 5.30. The molecule has 1 spiro atoms. The summed E-state index contributed by atoms with van der Waals surface area (Å²) in [6, 6.07) is 19.2. The molecule has 2 atom stereocenters. The zero-order chi connectivity index (χ0) is 19.1. The Hall–Kier alpha value is -2.55. The van der Waals surface area contributed by atoms with Crippen LogP contribution in [0.4, 0.5) is 4.79 Å². The quantitative estimate of drug-likeness (QED) is 0.683. The van der Waals surface area contributed by atoms with E-state index in [4.69, 9.17) is 4.74 Å². The number of allylic oxidation sites excluding steroid dienone is 1. The molecule has 2 aromatic rings. The van der Waals surface area contributed by atoms with Crippen LogP contribution in [0.3, 0.4) is 0 Å². The molecule has 2 unspecified atom stereocenters. The summed E-state index contributed by atoms with van der Waals surface area (Å²) in [5, 5.41) is 0. The molecular formula is C24H27NO2. The van der Waals surface area contributed by atoms with E-state index in [1.807, 2.05) is 31.7 Å². The predicted octanol–water partition coefficient (Wildman–Crippen LogP) is 5.38. The third-order valence-corrected chi connectivity index (χ3v) is 5.70. The van der Waals surface area contributed by atoms with Gasteiger partial charge in [0, 0.05) is 24.4 Å². The lowest BCUT2D eigenvalue weighted by molar-refractivity contribution is 0.0156. The van der Waals surface area contributed by atoms with E-state index < -0.39 is 5.60 Å². The largest absolute Gasteiger partial charge is 0.444 e. The summed E-state index contributed by atoms with van der Waals surface area (Å²) in [5.41, 5.74) is 3.41. The Morgan fingerprint density at radius 3 is 2.52 bits per heavy atom. The van der Waals surface area contributed by atoms with Crippen molar-refractivity contribution in [2.45, 2.75) is 44.1 Å². The Balaban J connectivity index is 1.71. The van der Waals surface area contributed by atoms with E-state index in [0.29, 0.717) is 13.1 Å². The van der Waals surface area contributed by atoms with Gasteiger partial charge in [-0.25, -0.2) is 4.79 Å². The van der Waals surface area contributed by atoms with Crippen molar-refractivity contribution >= 4 is 12.2 Å². The summed E-state index contributed by atoms with van der Waals surface area (Å²) >= 11 is 0. The molecule has 0 radical (unpaired) electrons. The number of carbonyl (C=O) groups is 1. The van der Waals surface area contributed by atoms with Crippen LogP contribution in [0.2, 0.25) is 0 Å². The number of hydrogen-bond acceptors (Lipinski definition) is 2. The minimum atomic E-state index is -0.478. The number of piperidine rings is 1. The van der Waals surface area contributed by atoms with Gasteiger partial charge >= 0.3 is 6.09 Å². The molecular weight excluding hydrogens is 334 g/mol. The zero-order valence-corrected chi connectivity index (χ0v) is 16.3. The molecule has 2 aliphatic rings. The number of ether oxygens (including phenoxy) is 1. The molecule has 140 valence electrons. The number of hydrogen-bond donors (Lipinski definition) is 0. The van der Waals surface area contributed by atoms with Crippen molar-refractivity contribution in [1.29, 1.82) is 0 Å². The van der Waals surface area contributed by atoms with Gasteiger partial charge in [0.2, 0.25) is 0 Å². The van der Waals surface area contributed by atoms with Crippen LogP contribution in [0, 0.1) is 0 Å². The van der Waals surface area contributed by atoms with Crippen LogP contribution in [-0.2, 0) is 10.2 Å². The van der Waals surface area contributed by atoms with Gasteiger partial charge in [0.1, 0.15) is 5.60 Å². The molecule has 1 heterocycles. The molecule has 0 aromatic heterocycles. The fourth-order valence-electron chi connectivity index (χ4n) is 4.47. The Bertz CT molecular complexity index is 865. The number of amides is 1. The molecule has 1 aliphatic heterocycles. The summed E-state index contributed by atoms with van der Waals surface area (Å²) in [7, 11) is 0. The van der Waals surface area contributed by atoms with Crippen LogP contribution in [0.25, 0.3) is 6.08 Å². The van der Waals surface area contributed by atoms with Gasteiger partial charge in [-0.2, -0.15) is 0 Å². The van der Waals surface area contributed by atoms with E-state index in [9.17, 15) is 4.79 Å². The van der Waals surface area contributed by atoms with Crippen molar-refractivity contribution in [3.05, 3.63) is 77.4 Å². The van der Waals surface area contributed by atoms with Crippen molar-refractivity contribution in [3.8, 4) is 0 Å². The van der Waals surface area contributed by atoms with Crippen LogP contribution < -0.4 is 0 Å². The second kappa shape index (κ2) is 6.56. The third-order valence-electron chi connectivity index (χ3n) is 5.70. The number of likely N-dealkylation sites (tertiary alicyclic amines) is 1. The molecule has 3 nitrogen and oxygen atoms in total. The Labute approximate surface area is 161 Å². The number of fused-ring (bicyclic) bond motifs is 2. The summed E-state index contributed by atoms with van der Waals surface area (Å²) in [6.45, 7) is 7.12. The van der Waals surface area contributed by atoms with Crippen LogP contribution in [0.5, 0.6) is 0 Å². The van der Waals surface area contributed by atoms with E-state index >= 15 is 0 Å². The lowest BCUT2D eigenvalue weighted by atomic mass is 9.65. The highest BCUT2D eigenvalue weighted by atomic mass is 16.6. The molecule has 0 N–H and O–H groups in total. The Morgan fingerprint density at radius 1 is 1.07 bits per heavy atom. The minimum Gasteiger partial charge on any atom is -0.444 e. The fraction of sp³-hybridized carbons (Fsp3) is 0.375. The van der Waals surface area contributed by atoms with E-state index in [1.54, 1.807) is 0 Å². The highest BCUT2D eigenvalue weighted by Gasteiger charge is 2.47. The molecule has 4 rings (SSSR count). The summed E-state index contributed by atoms with van der Waals surface area (Å²) < 4.78 is 5.65. The highest BCUT2D eigenvalue weighted by Crippen LogP contribution is 2.51. The number of carbonyl (C=O) groups excluding carboxylic acids is 1. The molecule has 1 fully saturated rings. The third kappa shape index (κ3) is 3.27. The van der Waals surface area contributed by atoms with Crippen LogP contribution in [0.1, 0.15) is 49.8 Å². The Morgan fingerprint density at radius 2 is 1.78 bits per heavy atom. The average molecular weight is 361 g/mol. The van der Waals surface area contributed by atoms with Gasteiger partial charge in [0.25, 0.3) is 0 Å². The molecule has 1 saturated heterocycles. The monoisotopic (exact) mass is 361 g/mol. The van der Waals surface area contributed by atoms with Crippen molar-refractivity contribution in [3.63, 3.8) is 0 Å². The molecule has 0 saturated carbocycles. The van der Waals surface area contributed by atoms with Gasteiger partial charge in [0.15, 0.2) is 0 Å². The van der Waals surface area contributed by atoms with Gasteiger partial charge in [-0.3, -0.25) is 0 Å². The van der Waals surface area contributed by atoms with Crippen molar-refractivity contribution in [2.75, 3.05) is 13.1 Å². The smallest absolute Gasteiger partial charge is 0.410 e. The highest BCUT2D eigenvalue weighted by molar-refractivity contribution is 5.71. The zero-order valence-electron chi connectivity index (χ0n) is 16.3. The molecule has 27 heavy (non-hydrogen) atoms. The van der Waals surface area contributed by atoms with E-state index in [-0.39, 0.29) is 17.4 Å². The van der Waals surface area contributed by atoms with E-state index in [1.165, 1.54) is 16.7 Å². The number of nitrogens with zero attached hydrogens (tertiary/aromatic N) is 1. The first kappa shape index (κ1) is 17.8. The van der Waals surface area contributed by atoms with E-state index in [0.717, 1.165) is 6.42 Å². The maximum absolute atomic E-state index is 12.7. The SMILES string of the molecule is CC(C)(C)OC(=O)N1CCC2(C=Cc3ccccc32)C(c2ccccc2)C1. The first-order chi connectivity index (χ1) is 12.9. The maximum Gasteiger partial charge on any atom is 0.410 e. The average Bonchev–Trinajstić information content (AvgIpc) is 3.01. The van der Waals surface area contributed by atoms with Gasteiger partial charge in [-0.15, -0.1) is 0 Å². The van der Waals surface area contributed by atoms with E-state index in [2.05, 4.69) is 60.7 Å². The van der Waals surface area contributed by atoms with Gasteiger partial charge in [-0.1, -0.05) is 66.7 Å². The van der Waals surface area contributed by atoms with Crippen LogP contribution in [-0.4, -0.2) is 29.7 Å². The normalized spacial score (nSPS) is 24.1. The molecule has 1 aliphatic carbocycles. The molecule has 2 aromatic carbocycles. The number of benzene rings is 2. The first-order valence-corrected chi connectivity index (χ1v) is 9.71. The second-order valence-electron chi connectivity index (χ2n) is 8.60. The topological polar surface area (TPSA) is 29.5 Å². The van der Waals surface area contributed by atoms with Crippen LogP contribution in [0.15, 0.2) is 60.7 Å². The van der Waals surface area contributed by atoms with Crippen molar-refractivity contribution < 1.29 is 9.53 Å². The lowest BCUT2D eigenvalue weighted by Gasteiger charge is -2.46. The maximum atomic E-state index is 12.7. The Kier molecular flexibility index (Phi) is 4.33. The molecule has 0 bridgehead atoms. The lowest BCUT2D eigenvalue weighted by Crippen LogP contribution is -2.50. The fourth-order valence-corrected chi connectivity index (χ4v) is 4.47. The second-order valence-corrected chi connectivity index (χ2v) is 8.60. The van der Waals surface area contributed by atoms with Crippen LogP contribution >= 0.6 is 0 Å². The molecule has 1 amide bonds. The summed E-state index contributed by atoms with van der Waals surface area (Å²) in [5.74, 6) is 0.208. The van der Waals surface area contributed by atoms with Crippen molar-refractivity contribution in [1.82, 2.24) is 4.90 Å². The molecule has 3 heteroatoms. The van der Waals surface area contributed by atoms with Gasteiger partial charge < -0.3 is 9.64 Å². The summed E-state index contributed by atoms with van der Waals surface area (Å²) in [4.78, 5) is 14.6. The standard InChI is InChI=1S/C24H27NO2/c1-23(2,3)27-22(26)25-16-15-24(14-13-19-11-7-8-12-20(19)24)21(17-25)18-9-5-4-6-10-18/h4-14,21H,15-17H2,1-3H3. The number of rotatable bonds is 1. The predicted molar refractivity (Wildman–Crippen MR) is 109 cm³/mol. The van der Waals surface area contributed by atoms with Gasteiger partial charge in [0.05, 0.1) is 0 Å².